The van der Waals surface area contributed by atoms with Gasteiger partial charge in [0.1, 0.15) is 11.0 Å². The van der Waals surface area contributed by atoms with Crippen LogP contribution in [0.1, 0.15) is 47.0 Å². The molecule has 0 radical (unpaired) electrons. The Kier molecular flexibility index (Phi) is 10.7. The molecule has 0 aliphatic carbocycles. The maximum absolute atomic E-state index is 6.10. The summed E-state index contributed by atoms with van der Waals surface area (Å²) >= 11 is 0. The zero-order valence-electron chi connectivity index (χ0n) is 23.9. The molecule has 0 saturated carbocycles. The minimum Gasteiger partial charge on any atom is -0.385 e. The SMILES string of the molecule is C.COCCC[C@@H]1C[C@H](C)CN(c2ccnc3nccnc23)C1.C[C@H]1C[C@@H](N)CN(c2ccnc3nccnc23)C1. The molecule has 2 aliphatic heterocycles. The molecular weight excluding hydrogens is 514 g/mol. The molecule has 0 unspecified atom stereocenters. The fourth-order valence-corrected chi connectivity index (χ4v) is 6.24. The number of pyridine rings is 2. The average Bonchev–Trinajstić information content (AvgIpc) is 2.96. The normalized spacial score (nSPS) is 22.6. The number of fused-ring (bicyclic) bond motifs is 2. The van der Waals surface area contributed by atoms with Crippen molar-refractivity contribution in [2.75, 3.05) is 49.7 Å². The molecule has 2 saturated heterocycles. The van der Waals surface area contributed by atoms with Crippen molar-refractivity contribution in [2.24, 2.45) is 23.5 Å². The monoisotopic (exact) mass is 559 g/mol. The van der Waals surface area contributed by atoms with Crippen molar-refractivity contribution in [3.63, 3.8) is 0 Å². The van der Waals surface area contributed by atoms with E-state index >= 15 is 0 Å². The summed E-state index contributed by atoms with van der Waals surface area (Å²) in [7, 11) is 1.78. The van der Waals surface area contributed by atoms with Crippen LogP contribution in [0.5, 0.6) is 0 Å². The van der Waals surface area contributed by atoms with Gasteiger partial charge in [-0.05, 0) is 55.6 Å². The first-order chi connectivity index (χ1) is 19.5. The van der Waals surface area contributed by atoms with Gasteiger partial charge in [-0.3, -0.25) is 0 Å². The van der Waals surface area contributed by atoms with Gasteiger partial charge in [0.2, 0.25) is 0 Å². The van der Waals surface area contributed by atoms with E-state index in [9.17, 15) is 0 Å². The highest BCUT2D eigenvalue weighted by atomic mass is 16.5. The summed E-state index contributed by atoms with van der Waals surface area (Å²) in [6.45, 7) is 9.49. The fraction of sp³-hybridized carbons (Fsp3) is 0.548. The van der Waals surface area contributed by atoms with E-state index in [2.05, 4.69) is 59.6 Å². The Labute approximate surface area is 243 Å². The largest absolute Gasteiger partial charge is 0.385 e. The van der Waals surface area contributed by atoms with E-state index in [4.69, 9.17) is 10.5 Å². The quantitative estimate of drug-likeness (QED) is 0.332. The minimum absolute atomic E-state index is 0. The lowest BCUT2D eigenvalue weighted by Gasteiger charge is -2.38. The lowest BCUT2D eigenvalue weighted by molar-refractivity contribution is 0.181. The molecule has 2 fully saturated rings. The molecule has 0 amide bonds. The van der Waals surface area contributed by atoms with Crippen LogP contribution in [0, 0.1) is 17.8 Å². The van der Waals surface area contributed by atoms with E-state index in [1.807, 2.05) is 12.3 Å². The maximum atomic E-state index is 6.10. The van der Waals surface area contributed by atoms with Crippen LogP contribution in [-0.4, -0.2) is 75.8 Å². The van der Waals surface area contributed by atoms with Crippen molar-refractivity contribution in [1.82, 2.24) is 29.9 Å². The van der Waals surface area contributed by atoms with Crippen molar-refractivity contribution in [3.05, 3.63) is 49.3 Å². The van der Waals surface area contributed by atoms with Crippen LogP contribution in [0.3, 0.4) is 0 Å². The molecule has 4 aromatic heterocycles. The third-order valence-electron chi connectivity index (χ3n) is 7.78. The molecule has 10 heteroatoms. The number of ether oxygens (including phenoxy) is 1. The molecule has 41 heavy (non-hydrogen) atoms. The topological polar surface area (TPSA) is 119 Å². The molecule has 2 N–H and O–H groups in total. The highest BCUT2D eigenvalue weighted by molar-refractivity contribution is 5.85. The number of hydrogen-bond acceptors (Lipinski definition) is 10. The number of hydrogen-bond donors (Lipinski definition) is 1. The number of nitrogens with two attached hydrogens (primary N) is 1. The van der Waals surface area contributed by atoms with Crippen molar-refractivity contribution >= 4 is 33.7 Å². The molecule has 0 aromatic carbocycles. The molecular formula is C31H45N9O. The van der Waals surface area contributed by atoms with E-state index in [-0.39, 0.29) is 13.5 Å². The predicted octanol–water partition coefficient (Wildman–Crippen LogP) is 4.75. The average molecular weight is 560 g/mol. The summed E-state index contributed by atoms with van der Waals surface area (Å²) < 4.78 is 5.19. The van der Waals surface area contributed by atoms with E-state index < -0.39 is 0 Å². The van der Waals surface area contributed by atoms with Gasteiger partial charge in [0.25, 0.3) is 0 Å². The standard InChI is InChI=1S/C17H24N4O.C13H17N5.CH4/c1-13-10-14(4-3-9-22-2)12-21(11-13)15-5-6-19-17-16(15)18-7-8-20-17;1-9-6-10(14)8-18(7-9)11-2-3-16-13-12(11)15-4-5-17-13;/h5-8,13-14H,3-4,9-12H2,1-2H3;2-5,9-10H,6-8,14H2,1H3;1H4/t13-,14+;9-,10+;/m00./s1. The summed E-state index contributed by atoms with van der Waals surface area (Å²) in [5.41, 5.74) is 11.6. The van der Waals surface area contributed by atoms with Crippen LogP contribution in [0.15, 0.2) is 49.3 Å². The molecule has 10 nitrogen and oxygen atoms in total. The van der Waals surface area contributed by atoms with Gasteiger partial charge in [0.05, 0.1) is 11.4 Å². The third-order valence-corrected chi connectivity index (χ3v) is 7.78. The second-order valence-electron chi connectivity index (χ2n) is 11.4. The smallest absolute Gasteiger partial charge is 0.180 e. The second kappa shape index (κ2) is 14.4. The van der Waals surface area contributed by atoms with E-state index in [0.717, 1.165) is 73.9 Å². The van der Waals surface area contributed by atoms with Crippen molar-refractivity contribution in [3.8, 4) is 0 Å². The van der Waals surface area contributed by atoms with E-state index in [1.165, 1.54) is 18.5 Å². The third kappa shape index (κ3) is 7.62. The Morgan fingerprint density at radius 2 is 1.24 bits per heavy atom. The Morgan fingerprint density at radius 1 is 0.732 bits per heavy atom. The highest BCUT2D eigenvalue weighted by Crippen LogP contribution is 2.31. The molecule has 2 aliphatic rings. The Balaban J connectivity index is 0.000000188. The molecule has 6 heterocycles. The number of piperidine rings is 2. The molecule has 220 valence electrons. The number of rotatable bonds is 6. The predicted molar refractivity (Wildman–Crippen MR) is 166 cm³/mol. The molecule has 6 rings (SSSR count). The van der Waals surface area contributed by atoms with Gasteiger partial charge in [-0.1, -0.05) is 21.3 Å². The van der Waals surface area contributed by atoms with Gasteiger partial charge in [-0.25, -0.2) is 29.9 Å². The summed E-state index contributed by atoms with van der Waals surface area (Å²) in [5.74, 6) is 2.02. The first-order valence-corrected chi connectivity index (χ1v) is 14.4. The zero-order valence-corrected chi connectivity index (χ0v) is 23.9. The van der Waals surface area contributed by atoms with Crippen LogP contribution in [0.25, 0.3) is 22.3 Å². The summed E-state index contributed by atoms with van der Waals surface area (Å²) in [6, 6.07) is 4.30. The highest BCUT2D eigenvalue weighted by Gasteiger charge is 2.26. The number of anilines is 2. The van der Waals surface area contributed by atoms with E-state index in [1.54, 1.807) is 38.1 Å². The summed E-state index contributed by atoms with van der Waals surface area (Å²) in [4.78, 5) is 30.8. The lowest BCUT2D eigenvalue weighted by atomic mass is 9.87. The van der Waals surface area contributed by atoms with Gasteiger partial charge >= 0.3 is 0 Å². The summed E-state index contributed by atoms with van der Waals surface area (Å²) in [6.07, 6.45) is 15.2. The maximum Gasteiger partial charge on any atom is 0.180 e. The number of aromatic nitrogens is 6. The molecule has 0 bridgehead atoms. The van der Waals surface area contributed by atoms with Gasteiger partial charge in [-0.15, -0.1) is 0 Å². The van der Waals surface area contributed by atoms with Gasteiger partial charge in [-0.2, -0.15) is 0 Å². The van der Waals surface area contributed by atoms with Crippen molar-refractivity contribution in [2.45, 2.75) is 53.0 Å². The van der Waals surface area contributed by atoms with E-state index in [0.29, 0.717) is 17.5 Å². The first kappa shape index (κ1) is 30.5. The molecule has 4 atom stereocenters. The lowest BCUT2D eigenvalue weighted by Crippen LogP contribution is -2.46. The van der Waals surface area contributed by atoms with Crippen LogP contribution >= 0.6 is 0 Å². The van der Waals surface area contributed by atoms with Crippen LogP contribution in [0.2, 0.25) is 0 Å². The van der Waals surface area contributed by atoms with Crippen LogP contribution < -0.4 is 15.5 Å². The zero-order chi connectivity index (χ0) is 27.9. The van der Waals surface area contributed by atoms with Crippen molar-refractivity contribution < 1.29 is 4.74 Å². The fourth-order valence-electron chi connectivity index (χ4n) is 6.24. The van der Waals surface area contributed by atoms with Crippen LogP contribution in [-0.2, 0) is 4.74 Å². The minimum atomic E-state index is 0. The number of nitrogens with zero attached hydrogens (tertiary/aromatic N) is 8. The van der Waals surface area contributed by atoms with Crippen LogP contribution in [0.4, 0.5) is 11.4 Å². The Bertz CT molecular complexity index is 1370. The molecule has 0 spiro atoms. The summed E-state index contributed by atoms with van der Waals surface area (Å²) in [5, 5.41) is 0. The Hall–Kier alpha value is -3.50. The van der Waals surface area contributed by atoms with Gasteiger partial charge in [0, 0.05) is 83.1 Å². The van der Waals surface area contributed by atoms with Gasteiger partial charge < -0.3 is 20.3 Å². The first-order valence-electron chi connectivity index (χ1n) is 14.4. The molecule has 4 aromatic rings. The second-order valence-corrected chi connectivity index (χ2v) is 11.4. The number of methoxy groups -OCH3 is 1. The Morgan fingerprint density at radius 3 is 1.80 bits per heavy atom. The van der Waals surface area contributed by atoms with Gasteiger partial charge in [0.15, 0.2) is 11.3 Å². The van der Waals surface area contributed by atoms with Crippen molar-refractivity contribution in [1.29, 1.82) is 0 Å².